The fourth-order valence-electron chi connectivity index (χ4n) is 1.65. The topological polar surface area (TPSA) is 50.8 Å². The summed E-state index contributed by atoms with van der Waals surface area (Å²) in [6.45, 7) is 0. The molecule has 0 amide bonds. The molecule has 0 fully saturated rings. The fourth-order valence-corrected chi connectivity index (χ4v) is 3.91. The summed E-state index contributed by atoms with van der Waals surface area (Å²) in [4.78, 5) is 12.1. The van der Waals surface area contributed by atoms with E-state index >= 15 is 0 Å². The van der Waals surface area contributed by atoms with Gasteiger partial charge in [-0.25, -0.2) is 4.98 Å². The lowest BCUT2D eigenvalue weighted by atomic mass is 10.3. The Morgan fingerprint density at radius 3 is 3.16 bits per heavy atom. The molecule has 19 heavy (non-hydrogen) atoms. The van der Waals surface area contributed by atoms with Crippen molar-refractivity contribution in [3.63, 3.8) is 0 Å². The number of nitrogens with zero attached hydrogens (tertiary/aromatic N) is 2. The summed E-state index contributed by atoms with van der Waals surface area (Å²) in [6.07, 6.45) is 1.75. The van der Waals surface area contributed by atoms with Crippen molar-refractivity contribution < 1.29 is 4.74 Å². The average Bonchev–Trinajstić information content (AvgIpc) is 2.98. The van der Waals surface area contributed by atoms with E-state index in [-0.39, 0.29) is 0 Å². The Kier molecular flexibility index (Phi) is 3.76. The van der Waals surface area contributed by atoms with Crippen LogP contribution in [0.2, 0.25) is 0 Å². The van der Waals surface area contributed by atoms with Crippen molar-refractivity contribution in [2.24, 2.45) is 0 Å². The molecule has 0 unspecified atom stereocenters. The molecule has 98 valence electrons. The first-order valence-corrected chi connectivity index (χ1v) is 8.22. The van der Waals surface area contributed by atoms with Gasteiger partial charge in [0.25, 0.3) is 0 Å². The van der Waals surface area contributed by atoms with Gasteiger partial charge in [-0.15, -0.1) is 11.3 Å². The van der Waals surface area contributed by atoms with E-state index in [0.717, 1.165) is 37.9 Å². The van der Waals surface area contributed by atoms with Crippen molar-refractivity contribution in [2.45, 2.75) is 10.9 Å². The minimum Gasteiger partial charge on any atom is -0.495 e. The molecule has 0 saturated carbocycles. The van der Waals surface area contributed by atoms with Gasteiger partial charge in [-0.1, -0.05) is 11.8 Å². The number of thiophene rings is 1. The van der Waals surface area contributed by atoms with Crippen molar-refractivity contribution >= 4 is 50.1 Å². The number of rotatable bonds is 4. The molecular formula is C12H10BrN3OS2. The largest absolute Gasteiger partial charge is 0.495 e. The second-order valence-electron chi connectivity index (χ2n) is 3.78. The van der Waals surface area contributed by atoms with Crippen LogP contribution in [0.5, 0.6) is 5.75 Å². The highest BCUT2D eigenvalue weighted by atomic mass is 79.9. The van der Waals surface area contributed by atoms with Crippen molar-refractivity contribution in [3.05, 3.63) is 33.2 Å². The van der Waals surface area contributed by atoms with Crippen LogP contribution in [0.4, 0.5) is 0 Å². The number of methoxy groups -OCH3 is 1. The molecule has 1 N–H and O–H groups in total. The normalized spacial score (nSPS) is 11.1. The maximum Gasteiger partial charge on any atom is 0.166 e. The lowest BCUT2D eigenvalue weighted by Crippen LogP contribution is -1.93. The zero-order valence-corrected chi connectivity index (χ0v) is 13.2. The number of thioether (sulfide) groups is 1. The van der Waals surface area contributed by atoms with Gasteiger partial charge in [0.05, 0.1) is 22.8 Å². The van der Waals surface area contributed by atoms with Crippen molar-refractivity contribution in [2.75, 3.05) is 7.11 Å². The minimum atomic E-state index is 0.733. The van der Waals surface area contributed by atoms with Crippen LogP contribution < -0.4 is 4.74 Å². The van der Waals surface area contributed by atoms with Crippen LogP contribution in [0.25, 0.3) is 11.0 Å². The van der Waals surface area contributed by atoms with Gasteiger partial charge in [0.1, 0.15) is 11.3 Å². The third-order valence-corrected chi connectivity index (χ3v) is 5.06. The van der Waals surface area contributed by atoms with E-state index in [1.54, 1.807) is 36.4 Å². The molecule has 0 aliphatic heterocycles. The number of hydrogen-bond donors (Lipinski definition) is 1. The summed E-state index contributed by atoms with van der Waals surface area (Å²) in [6, 6.07) is 1.83. The van der Waals surface area contributed by atoms with E-state index in [1.807, 2.05) is 11.4 Å². The Labute approximate surface area is 126 Å². The van der Waals surface area contributed by atoms with E-state index in [9.17, 15) is 0 Å². The summed E-state index contributed by atoms with van der Waals surface area (Å²) in [5, 5.41) is 5.01. The molecule has 0 aliphatic rings. The van der Waals surface area contributed by atoms with E-state index in [4.69, 9.17) is 4.74 Å². The Balaban J connectivity index is 1.77. The molecule has 3 heterocycles. The van der Waals surface area contributed by atoms with Gasteiger partial charge in [-0.2, -0.15) is 0 Å². The summed E-state index contributed by atoms with van der Waals surface area (Å²) < 4.78 is 6.16. The summed E-state index contributed by atoms with van der Waals surface area (Å²) >= 11 is 6.79. The Bertz CT molecular complexity index is 681. The standard InChI is InChI=1S/C12H10BrN3OS2/c1-17-10-2-3-14-9(11(10)13)6-19-12-15-7-4-18-5-8(7)16-12/h2-5H,6H2,1H3,(H,15,16). The Morgan fingerprint density at radius 2 is 2.37 bits per heavy atom. The fraction of sp³-hybridized carbons (Fsp3) is 0.167. The highest BCUT2D eigenvalue weighted by Crippen LogP contribution is 2.31. The number of hydrogen-bond acceptors (Lipinski definition) is 5. The monoisotopic (exact) mass is 355 g/mol. The first-order valence-electron chi connectivity index (χ1n) is 5.50. The number of fused-ring (bicyclic) bond motifs is 1. The first kappa shape index (κ1) is 13.0. The van der Waals surface area contributed by atoms with E-state index in [2.05, 4.69) is 36.3 Å². The molecule has 3 aromatic rings. The number of H-pyrrole nitrogens is 1. The smallest absolute Gasteiger partial charge is 0.166 e. The lowest BCUT2D eigenvalue weighted by Gasteiger charge is -2.06. The third-order valence-electron chi connectivity index (χ3n) is 2.60. The molecule has 4 nitrogen and oxygen atoms in total. The summed E-state index contributed by atoms with van der Waals surface area (Å²) in [5.74, 6) is 1.53. The van der Waals surface area contributed by atoms with Crippen molar-refractivity contribution in [1.82, 2.24) is 15.0 Å². The van der Waals surface area contributed by atoms with Crippen molar-refractivity contribution in [3.8, 4) is 5.75 Å². The second kappa shape index (κ2) is 5.52. The Morgan fingerprint density at radius 1 is 1.47 bits per heavy atom. The minimum absolute atomic E-state index is 0.733. The van der Waals surface area contributed by atoms with Gasteiger partial charge >= 0.3 is 0 Å². The Hall–Kier alpha value is -1.05. The van der Waals surface area contributed by atoms with Gasteiger partial charge in [-0.3, -0.25) is 4.98 Å². The van der Waals surface area contributed by atoms with Crippen molar-refractivity contribution in [1.29, 1.82) is 0 Å². The number of halogens is 1. The van der Waals surface area contributed by atoms with Crippen LogP contribution in [-0.4, -0.2) is 22.1 Å². The zero-order valence-electron chi connectivity index (χ0n) is 10.0. The predicted molar refractivity (Wildman–Crippen MR) is 82.0 cm³/mol. The molecule has 0 radical (unpaired) electrons. The molecule has 0 atom stereocenters. The highest BCUT2D eigenvalue weighted by molar-refractivity contribution is 9.10. The van der Waals surface area contributed by atoms with Gasteiger partial charge in [0.15, 0.2) is 5.16 Å². The third kappa shape index (κ3) is 2.63. The number of pyridine rings is 1. The van der Waals surface area contributed by atoms with E-state index < -0.39 is 0 Å². The van der Waals surface area contributed by atoms with Gasteiger partial charge < -0.3 is 9.72 Å². The van der Waals surface area contributed by atoms with Crippen LogP contribution >= 0.6 is 39.0 Å². The number of aromatic amines is 1. The average molecular weight is 356 g/mol. The lowest BCUT2D eigenvalue weighted by molar-refractivity contribution is 0.411. The van der Waals surface area contributed by atoms with Crippen LogP contribution in [0.3, 0.4) is 0 Å². The summed E-state index contributed by atoms with van der Waals surface area (Å²) in [5.41, 5.74) is 3.05. The SMILES string of the molecule is COc1ccnc(CSc2nc3cscc3[nH]2)c1Br. The molecule has 3 rings (SSSR count). The maximum atomic E-state index is 5.26. The number of nitrogens with one attached hydrogen (secondary N) is 1. The van der Waals surface area contributed by atoms with Crippen LogP contribution in [0, 0.1) is 0 Å². The molecule has 0 bridgehead atoms. The molecule has 3 aromatic heterocycles. The highest BCUT2D eigenvalue weighted by Gasteiger charge is 2.10. The molecular weight excluding hydrogens is 346 g/mol. The number of imidazole rings is 1. The van der Waals surface area contributed by atoms with Crippen LogP contribution in [-0.2, 0) is 5.75 Å². The molecule has 0 aromatic carbocycles. The number of aromatic nitrogens is 3. The van der Waals surface area contributed by atoms with Gasteiger partial charge in [-0.05, 0) is 22.0 Å². The predicted octanol–water partition coefficient (Wildman–Crippen LogP) is 4.08. The van der Waals surface area contributed by atoms with Gasteiger partial charge in [0, 0.05) is 22.7 Å². The maximum absolute atomic E-state index is 5.26. The second-order valence-corrected chi connectivity index (χ2v) is 6.28. The van der Waals surface area contributed by atoms with E-state index in [0.29, 0.717) is 0 Å². The number of ether oxygens (including phenoxy) is 1. The summed E-state index contributed by atoms with van der Waals surface area (Å²) in [7, 11) is 1.65. The van der Waals surface area contributed by atoms with Gasteiger partial charge in [0.2, 0.25) is 0 Å². The van der Waals surface area contributed by atoms with Crippen LogP contribution in [0.1, 0.15) is 5.69 Å². The van der Waals surface area contributed by atoms with Crippen LogP contribution in [0.15, 0.2) is 32.7 Å². The quantitative estimate of drug-likeness (QED) is 0.716. The van der Waals surface area contributed by atoms with E-state index in [1.165, 1.54) is 0 Å². The first-order chi connectivity index (χ1) is 9.28. The molecule has 7 heteroatoms. The molecule has 0 aliphatic carbocycles. The molecule has 0 spiro atoms. The zero-order chi connectivity index (χ0) is 13.2. The molecule has 0 saturated heterocycles.